The van der Waals surface area contributed by atoms with E-state index >= 15 is 0 Å². The van der Waals surface area contributed by atoms with Crippen LogP contribution in [-0.2, 0) is 15.6 Å². The van der Waals surface area contributed by atoms with Gasteiger partial charge in [0, 0.05) is 47.5 Å². The van der Waals surface area contributed by atoms with Crippen LogP contribution in [0.4, 0.5) is 11.4 Å². The van der Waals surface area contributed by atoms with E-state index in [2.05, 4.69) is 160 Å². The maximum Gasteiger partial charge on any atom is 0.303 e. The number of nitrogens with zero attached hydrogens (tertiary/aromatic N) is 2. The fourth-order valence-electron chi connectivity index (χ4n) is 7.68. The van der Waals surface area contributed by atoms with Crippen molar-refractivity contribution in [2.75, 3.05) is 18.5 Å². The summed E-state index contributed by atoms with van der Waals surface area (Å²) < 4.78 is 2.33. The van der Waals surface area contributed by atoms with Crippen LogP contribution in [0.25, 0.3) is 21.5 Å². The quantitative estimate of drug-likeness (QED) is 0.111. The molecule has 0 saturated carbocycles. The Morgan fingerprint density at radius 2 is 1.37 bits per heavy atom. The normalized spacial score (nSPS) is 17.8. The van der Waals surface area contributed by atoms with E-state index in [0.717, 1.165) is 19.4 Å². The molecular formula is C42H45N2O2+. The third-order valence-electron chi connectivity index (χ3n) is 9.87. The van der Waals surface area contributed by atoms with Gasteiger partial charge >= 0.3 is 5.97 Å². The van der Waals surface area contributed by atoms with E-state index in [9.17, 15) is 4.79 Å². The van der Waals surface area contributed by atoms with E-state index in [-0.39, 0.29) is 17.3 Å². The van der Waals surface area contributed by atoms with Crippen LogP contribution in [0, 0.1) is 0 Å². The van der Waals surface area contributed by atoms with Crippen LogP contribution in [0.15, 0.2) is 121 Å². The van der Waals surface area contributed by atoms with Crippen LogP contribution in [0.2, 0.25) is 0 Å². The van der Waals surface area contributed by atoms with E-state index in [4.69, 9.17) is 5.11 Å². The third-order valence-corrected chi connectivity index (χ3v) is 9.87. The number of carboxylic acids is 1. The van der Waals surface area contributed by atoms with Crippen molar-refractivity contribution in [3.63, 3.8) is 0 Å². The van der Waals surface area contributed by atoms with Crippen molar-refractivity contribution in [2.45, 2.75) is 64.2 Å². The number of benzene rings is 4. The Labute approximate surface area is 273 Å². The number of rotatable bonds is 10. The molecule has 0 saturated heterocycles. The van der Waals surface area contributed by atoms with E-state index in [1.165, 1.54) is 55.5 Å². The summed E-state index contributed by atoms with van der Waals surface area (Å²) in [6.07, 6.45) is 17.9. The molecule has 2 aliphatic heterocycles. The van der Waals surface area contributed by atoms with Gasteiger partial charge in [0.25, 0.3) is 0 Å². The number of carbonyl (C=O) groups is 1. The summed E-state index contributed by atoms with van der Waals surface area (Å²) in [6, 6.07) is 26.3. The topological polar surface area (TPSA) is 43.5 Å². The molecule has 46 heavy (non-hydrogen) atoms. The highest BCUT2D eigenvalue weighted by molar-refractivity contribution is 6.07. The molecule has 0 bridgehead atoms. The Morgan fingerprint density at radius 1 is 0.739 bits per heavy atom. The highest BCUT2D eigenvalue weighted by atomic mass is 16.4. The van der Waals surface area contributed by atoms with Gasteiger partial charge in [0.05, 0.1) is 5.41 Å². The molecule has 6 rings (SSSR count). The maximum absolute atomic E-state index is 11.0. The highest BCUT2D eigenvalue weighted by Crippen LogP contribution is 2.51. The first-order valence-electron chi connectivity index (χ1n) is 16.5. The summed E-state index contributed by atoms with van der Waals surface area (Å²) in [4.78, 5) is 13.5. The number of anilines is 1. The van der Waals surface area contributed by atoms with Crippen molar-refractivity contribution in [2.24, 2.45) is 0 Å². The average molecular weight is 610 g/mol. The molecule has 0 aliphatic carbocycles. The fraction of sp³-hybridized carbons (Fsp3) is 0.286. The van der Waals surface area contributed by atoms with Gasteiger partial charge in [-0.2, -0.15) is 4.58 Å². The first-order chi connectivity index (χ1) is 22.1. The predicted octanol–water partition coefficient (Wildman–Crippen LogP) is 9.99. The van der Waals surface area contributed by atoms with Crippen molar-refractivity contribution in [3.8, 4) is 0 Å². The Balaban J connectivity index is 1.21. The van der Waals surface area contributed by atoms with Crippen molar-refractivity contribution in [1.29, 1.82) is 0 Å². The standard InChI is InChI=1S/C42H44N2O2/c1-41(2)36(43(5)34-27-25-30-18-13-15-20-32(30)39(34)41)22-10-7-6-8-11-23-37-42(3,4)40-33-21-16-14-19-31(33)26-28-35(40)44(37)29-17-9-12-24-38(45)46/h6-8,10-11,13-16,18-23,25-28H,9,12,17,24,29H2,1-5H3/p+1. The first kappa shape index (κ1) is 31.3. The molecule has 0 spiro atoms. The van der Waals surface area contributed by atoms with Crippen molar-refractivity contribution < 1.29 is 14.5 Å². The largest absolute Gasteiger partial charge is 0.481 e. The van der Waals surface area contributed by atoms with Gasteiger partial charge in [-0.3, -0.25) is 4.79 Å². The zero-order valence-corrected chi connectivity index (χ0v) is 27.8. The number of hydrogen-bond donors (Lipinski definition) is 1. The number of unbranched alkanes of at least 4 members (excludes halogenated alkanes) is 2. The summed E-state index contributed by atoms with van der Waals surface area (Å²) in [6.45, 7) is 10.1. The van der Waals surface area contributed by atoms with Gasteiger partial charge in [-0.15, -0.1) is 0 Å². The van der Waals surface area contributed by atoms with Crippen molar-refractivity contribution in [1.82, 2.24) is 0 Å². The molecule has 4 aromatic carbocycles. The average Bonchev–Trinajstić information content (AvgIpc) is 3.38. The highest BCUT2D eigenvalue weighted by Gasteiger charge is 2.44. The summed E-state index contributed by atoms with van der Waals surface area (Å²) in [7, 11) is 2.17. The van der Waals surface area contributed by atoms with Crippen LogP contribution in [0.5, 0.6) is 0 Å². The second-order valence-electron chi connectivity index (χ2n) is 13.6. The van der Waals surface area contributed by atoms with Crippen LogP contribution < -0.4 is 4.90 Å². The Bertz CT molecular complexity index is 1970. The third kappa shape index (κ3) is 5.62. The zero-order valence-electron chi connectivity index (χ0n) is 27.8. The molecule has 0 amide bonds. The molecule has 4 heteroatoms. The minimum Gasteiger partial charge on any atom is -0.481 e. The lowest BCUT2D eigenvalue weighted by molar-refractivity contribution is -0.401. The van der Waals surface area contributed by atoms with E-state index in [0.29, 0.717) is 6.42 Å². The SMILES string of the molecule is C[N+]1=C(/C=C/C=C/C=C/C=C2/N(CCCCCC(=O)O)c3ccc4ccccc4c3C2(C)C)C(C)(C)c2c1ccc1ccccc21. The second-order valence-corrected chi connectivity index (χ2v) is 13.6. The molecule has 2 aliphatic rings. The molecule has 2 heterocycles. The summed E-state index contributed by atoms with van der Waals surface area (Å²) >= 11 is 0. The number of aliphatic carboxylic acids is 1. The van der Waals surface area contributed by atoms with Crippen molar-refractivity contribution >= 4 is 44.6 Å². The molecular weight excluding hydrogens is 564 g/mol. The summed E-state index contributed by atoms with van der Waals surface area (Å²) in [5.41, 5.74) is 7.58. The molecule has 0 fully saturated rings. The number of carboxylic acid groups (broad SMARTS) is 1. The van der Waals surface area contributed by atoms with Crippen LogP contribution in [-0.4, -0.2) is 35.0 Å². The van der Waals surface area contributed by atoms with Crippen molar-refractivity contribution in [3.05, 3.63) is 132 Å². The van der Waals surface area contributed by atoms with Gasteiger partial charge in [0.15, 0.2) is 5.71 Å². The van der Waals surface area contributed by atoms with Crippen LogP contribution in [0.1, 0.15) is 64.5 Å². The summed E-state index contributed by atoms with van der Waals surface area (Å²) in [5.74, 6) is -0.718. The molecule has 0 radical (unpaired) electrons. The fourth-order valence-corrected chi connectivity index (χ4v) is 7.68. The lowest BCUT2D eigenvalue weighted by atomic mass is 9.79. The minimum absolute atomic E-state index is 0.0974. The van der Waals surface area contributed by atoms with Gasteiger partial charge in [-0.1, -0.05) is 105 Å². The van der Waals surface area contributed by atoms with Gasteiger partial charge in [0.2, 0.25) is 5.69 Å². The molecule has 0 atom stereocenters. The van der Waals surface area contributed by atoms with E-state index in [1.807, 2.05) is 0 Å². The van der Waals surface area contributed by atoms with E-state index in [1.54, 1.807) is 0 Å². The summed E-state index contributed by atoms with van der Waals surface area (Å²) in [5, 5.41) is 14.2. The number of fused-ring (bicyclic) bond motifs is 6. The maximum atomic E-state index is 11.0. The molecule has 1 N–H and O–H groups in total. The molecule has 0 unspecified atom stereocenters. The zero-order chi connectivity index (χ0) is 32.5. The minimum atomic E-state index is -0.718. The van der Waals surface area contributed by atoms with Gasteiger partial charge in [-0.05, 0) is 72.0 Å². The van der Waals surface area contributed by atoms with Gasteiger partial charge in [0.1, 0.15) is 7.05 Å². The van der Waals surface area contributed by atoms with Crippen LogP contribution >= 0.6 is 0 Å². The Kier molecular flexibility index (Phi) is 8.57. The molecule has 0 aromatic heterocycles. The van der Waals surface area contributed by atoms with Crippen LogP contribution in [0.3, 0.4) is 0 Å². The molecule has 4 nitrogen and oxygen atoms in total. The lowest BCUT2D eigenvalue weighted by Crippen LogP contribution is -2.27. The number of hydrogen-bond acceptors (Lipinski definition) is 2. The smallest absolute Gasteiger partial charge is 0.303 e. The van der Waals surface area contributed by atoms with E-state index < -0.39 is 5.97 Å². The second kappa shape index (κ2) is 12.6. The Morgan fingerprint density at radius 3 is 2.09 bits per heavy atom. The van der Waals surface area contributed by atoms with Gasteiger partial charge < -0.3 is 10.0 Å². The molecule has 4 aromatic rings. The molecule has 234 valence electrons. The van der Waals surface area contributed by atoms with Gasteiger partial charge in [-0.25, -0.2) is 0 Å². The Hall–Kier alpha value is -4.70. The number of allylic oxidation sites excluding steroid dienone is 8. The first-order valence-corrected chi connectivity index (χ1v) is 16.5. The predicted molar refractivity (Wildman–Crippen MR) is 194 cm³/mol. The monoisotopic (exact) mass is 609 g/mol. The lowest BCUT2D eigenvalue weighted by Gasteiger charge is -2.27.